The van der Waals surface area contributed by atoms with Crippen LogP contribution < -0.4 is 15.6 Å². The van der Waals surface area contributed by atoms with Gasteiger partial charge in [-0.3, -0.25) is 5.43 Å². The van der Waals surface area contributed by atoms with Gasteiger partial charge in [0, 0.05) is 16.5 Å². The molecule has 126 valence electrons. The predicted octanol–water partition coefficient (Wildman–Crippen LogP) is 1.94. The third-order valence-electron chi connectivity index (χ3n) is 3.49. The zero-order valence-corrected chi connectivity index (χ0v) is 14.3. The summed E-state index contributed by atoms with van der Waals surface area (Å²) >= 11 is 1.45. The van der Waals surface area contributed by atoms with Crippen molar-refractivity contribution in [3.05, 3.63) is 59.5 Å². The molecular formula is C17H16BN3O3S. The summed E-state index contributed by atoms with van der Waals surface area (Å²) in [5.41, 5.74) is 5.79. The topological polar surface area (TPSA) is 87.0 Å². The van der Waals surface area contributed by atoms with Crippen molar-refractivity contribution in [1.29, 1.82) is 0 Å². The number of methoxy groups -OCH3 is 1. The maximum absolute atomic E-state index is 9.27. The van der Waals surface area contributed by atoms with E-state index in [-0.39, 0.29) is 0 Å². The molecule has 6 nitrogen and oxygen atoms in total. The molecule has 0 radical (unpaired) electrons. The fraction of sp³-hybridized carbons (Fsp3) is 0.0588. The Hall–Kier alpha value is -2.68. The summed E-state index contributed by atoms with van der Waals surface area (Å²) in [6.45, 7) is 0. The standard InChI is InChI=1S/C17H16BN3O3S/c1-24-16-8-7-14(18(22)23)9-13(16)10-19-21-17-20-15(11-25-17)12-5-3-2-4-6-12/h2-11,22-23H,1H3,(H,20,21). The minimum Gasteiger partial charge on any atom is -0.496 e. The molecule has 8 heteroatoms. The molecule has 0 spiro atoms. The number of thiazole rings is 1. The number of nitrogens with one attached hydrogen (secondary N) is 1. The predicted molar refractivity (Wildman–Crippen MR) is 102 cm³/mol. The number of hydrogen-bond donors (Lipinski definition) is 3. The number of benzene rings is 2. The molecule has 1 aromatic heterocycles. The van der Waals surface area contributed by atoms with Gasteiger partial charge in [-0.1, -0.05) is 36.4 Å². The maximum atomic E-state index is 9.27. The Bertz CT molecular complexity index is 869. The molecule has 0 unspecified atom stereocenters. The van der Waals surface area contributed by atoms with E-state index in [1.165, 1.54) is 11.3 Å². The molecule has 0 saturated carbocycles. The van der Waals surface area contributed by atoms with Crippen LogP contribution in [-0.4, -0.2) is 35.5 Å². The van der Waals surface area contributed by atoms with E-state index >= 15 is 0 Å². The number of rotatable bonds is 6. The molecule has 3 rings (SSSR count). The van der Waals surface area contributed by atoms with E-state index in [9.17, 15) is 10.0 Å². The van der Waals surface area contributed by atoms with Crippen LogP contribution in [0.2, 0.25) is 0 Å². The van der Waals surface area contributed by atoms with Crippen molar-refractivity contribution >= 4 is 35.3 Å². The molecule has 25 heavy (non-hydrogen) atoms. The zero-order chi connectivity index (χ0) is 17.6. The normalized spacial score (nSPS) is 10.8. The fourth-order valence-corrected chi connectivity index (χ4v) is 2.91. The molecule has 3 N–H and O–H groups in total. The highest BCUT2D eigenvalue weighted by atomic mass is 32.1. The molecule has 0 aliphatic heterocycles. The van der Waals surface area contributed by atoms with Crippen molar-refractivity contribution in [3.8, 4) is 17.0 Å². The Labute approximate surface area is 149 Å². The van der Waals surface area contributed by atoms with E-state index in [2.05, 4.69) is 15.5 Å². The largest absolute Gasteiger partial charge is 0.496 e. The summed E-state index contributed by atoms with van der Waals surface area (Å²) in [6.07, 6.45) is 1.55. The van der Waals surface area contributed by atoms with E-state index in [4.69, 9.17) is 4.74 Å². The lowest BCUT2D eigenvalue weighted by molar-refractivity contribution is 0.413. The maximum Gasteiger partial charge on any atom is 0.488 e. The van der Waals surface area contributed by atoms with E-state index in [1.54, 1.807) is 31.5 Å². The second kappa shape index (κ2) is 7.93. The minimum absolute atomic E-state index is 0.364. The van der Waals surface area contributed by atoms with Gasteiger partial charge in [-0.05, 0) is 17.6 Å². The second-order valence-corrected chi connectivity index (χ2v) is 6.01. The van der Waals surface area contributed by atoms with Crippen LogP contribution in [0, 0.1) is 0 Å². The summed E-state index contributed by atoms with van der Waals surface area (Å²) in [6, 6.07) is 14.7. The van der Waals surface area contributed by atoms with Crippen molar-refractivity contribution in [2.24, 2.45) is 5.10 Å². The van der Waals surface area contributed by atoms with Crippen molar-refractivity contribution in [2.45, 2.75) is 0 Å². The summed E-state index contributed by atoms with van der Waals surface area (Å²) in [5, 5.41) is 25.3. The monoisotopic (exact) mass is 353 g/mol. The quantitative estimate of drug-likeness (QED) is 0.358. The number of anilines is 1. The molecule has 0 amide bonds. The van der Waals surface area contributed by atoms with Gasteiger partial charge in [0.15, 0.2) is 0 Å². The van der Waals surface area contributed by atoms with Gasteiger partial charge in [-0.25, -0.2) is 4.98 Å². The van der Waals surface area contributed by atoms with Gasteiger partial charge in [0.25, 0.3) is 0 Å². The van der Waals surface area contributed by atoms with Crippen LogP contribution in [0.5, 0.6) is 5.75 Å². The van der Waals surface area contributed by atoms with Gasteiger partial charge in [-0.15, -0.1) is 11.3 Å². The van der Waals surface area contributed by atoms with Crippen molar-refractivity contribution in [3.63, 3.8) is 0 Å². The van der Waals surface area contributed by atoms with Crippen molar-refractivity contribution < 1.29 is 14.8 Å². The van der Waals surface area contributed by atoms with Gasteiger partial charge in [-0.2, -0.15) is 5.10 Å². The Morgan fingerprint density at radius 3 is 2.72 bits per heavy atom. The first-order valence-corrected chi connectivity index (χ1v) is 8.39. The van der Waals surface area contributed by atoms with E-state index in [0.29, 0.717) is 21.9 Å². The molecule has 0 aliphatic carbocycles. The average molecular weight is 353 g/mol. The van der Waals surface area contributed by atoms with Crippen molar-refractivity contribution in [1.82, 2.24) is 4.98 Å². The molecular weight excluding hydrogens is 337 g/mol. The van der Waals surface area contributed by atoms with E-state index in [1.807, 2.05) is 35.7 Å². The molecule has 0 aliphatic rings. The highest BCUT2D eigenvalue weighted by Gasteiger charge is 2.13. The lowest BCUT2D eigenvalue weighted by Gasteiger charge is -2.06. The first-order chi connectivity index (χ1) is 12.2. The van der Waals surface area contributed by atoms with Crippen LogP contribution in [0.1, 0.15) is 5.56 Å². The number of hydrazone groups is 1. The van der Waals surface area contributed by atoms with Gasteiger partial charge >= 0.3 is 7.12 Å². The van der Waals surface area contributed by atoms with Gasteiger partial charge in [0.2, 0.25) is 5.13 Å². The highest BCUT2D eigenvalue weighted by Crippen LogP contribution is 2.24. The summed E-state index contributed by atoms with van der Waals surface area (Å²) in [7, 11) is 0.000621. The minimum atomic E-state index is -1.54. The zero-order valence-electron chi connectivity index (χ0n) is 13.5. The van der Waals surface area contributed by atoms with Gasteiger partial charge in [0.05, 0.1) is 19.0 Å². The molecule has 0 atom stereocenters. The first-order valence-electron chi connectivity index (χ1n) is 7.51. The van der Waals surface area contributed by atoms with Crippen LogP contribution in [0.4, 0.5) is 5.13 Å². The summed E-state index contributed by atoms with van der Waals surface area (Å²) in [5.74, 6) is 0.582. The van der Waals surface area contributed by atoms with Crippen molar-refractivity contribution in [2.75, 3.05) is 12.5 Å². The highest BCUT2D eigenvalue weighted by molar-refractivity contribution is 7.14. The lowest BCUT2D eigenvalue weighted by atomic mass is 9.79. The second-order valence-electron chi connectivity index (χ2n) is 5.15. The molecule has 0 fully saturated rings. The van der Waals surface area contributed by atoms with Crippen LogP contribution in [0.3, 0.4) is 0 Å². The number of ether oxygens (including phenoxy) is 1. The Morgan fingerprint density at radius 1 is 1.20 bits per heavy atom. The number of hydrogen-bond acceptors (Lipinski definition) is 7. The molecule has 1 heterocycles. The van der Waals surface area contributed by atoms with Gasteiger partial charge < -0.3 is 14.8 Å². The fourth-order valence-electron chi connectivity index (χ4n) is 2.24. The average Bonchev–Trinajstić information content (AvgIpc) is 3.11. The molecule has 2 aromatic carbocycles. The van der Waals surface area contributed by atoms with Crippen LogP contribution in [0.15, 0.2) is 59.0 Å². The molecule has 0 saturated heterocycles. The Kier molecular flexibility index (Phi) is 5.44. The third-order valence-corrected chi connectivity index (χ3v) is 4.24. The molecule has 3 aromatic rings. The molecule has 0 bridgehead atoms. The Morgan fingerprint density at radius 2 is 2.00 bits per heavy atom. The summed E-state index contributed by atoms with van der Waals surface area (Å²) in [4.78, 5) is 4.48. The smallest absolute Gasteiger partial charge is 0.488 e. The Balaban J connectivity index is 1.73. The van der Waals surface area contributed by atoms with E-state index in [0.717, 1.165) is 11.3 Å². The number of aromatic nitrogens is 1. The van der Waals surface area contributed by atoms with Crippen LogP contribution in [0.25, 0.3) is 11.3 Å². The third kappa shape index (κ3) is 4.24. The van der Waals surface area contributed by atoms with Crippen LogP contribution >= 0.6 is 11.3 Å². The van der Waals surface area contributed by atoms with Crippen LogP contribution in [-0.2, 0) is 0 Å². The number of nitrogens with zero attached hydrogens (tertiary/aromatic N) is 2. The SMILES string of the molecule is COc1ccc(B(O)O)cc1C=NNc1nc(-c2ccccc2)cs1. The first kappa shape index (κ1) is 17.2. The lowest BCUT2D eigenvalue weighted by Crippen LogP contribution is -2.30. The summed E-state index contributed by atoms with van der Waals surface area (Å²) < 4.78 is 5.25. The van der Waals surface area contributed by atoms with Gasteiger partial charge in [0.1, 0.15) is 5.75 Å². The van der Waals surface area contributed by atoms with E-state index < -0.39 is 7.12 Å².